The predicted octanol–water partition coefficient (Wildman–Crippen LogP) is 2.57. The molecule has 82 valence electrons. The van der Waals surface area contributed by atoms with Gasteiger partial charge in [-0.15, -0.1) is 0 Å². The van der Waals surface area contributed by atoms with Gasteiger partial charge in [-0.25, -0.2) is 0 Å². The highest BCUT2D eigenvalue weighted by molar-refractivity contribution is 5.39. The summed E-state index contributed by atoms with van der Waals surface area (Å²) in [7, 11) is 0. The van der Waals surface area contributed by atoms with E-state index in [0.717, 1.165) is 25.2 Å². The first kappa shape index (κ1) is 10.5. The molecular weight excluding hydrogens is 188 g/mol. The number of hydrogen-bond donors (Lipinski definition) is 1. The van der Waals surface area contributed by atoms with Crippen LogP contribution in [0.25, 0.3) is 0 Å². The van der Waals surface area contributed by atoms with Crippen molar-refractivity contribution in [3.8, 4) is 5.75 Å². The van der Waals surface area contributed by atoms with Gasteiger partial charge in [-0.05, 0) is 24.8 Å². The van der Waals surface area contributed by atoms with Gasteiger partial charge in [0.25, 0.3) is 0 Å². The van der Waals surface area contributed by atoms with Crippen molar-refractivity contribution in [2.45, 2.75) is 25.7 Å². The monoisotopic (exact) mass is 206 g/mol. The van der Waals surface area contributed by atoms with E-state index in [4.69, 9.17) is 9.84 Å². The molecule has 2 atom stereocenters. The van der Waals surface area contributed by atoms with Crippen molar-refractivity contribution >= 4 is 0 Å². The fourth-order valence-electron chi connectivity index (χ4n) is 2.05. The number of para-hydroxylation sites is 1. The molecule has 1 aliphatic heterocycles. The van der Waals surface area contributed by atoms with Crippen LogP contribution in [0.2, 0.25) is 0 Å². The van der Waals surface area contributed by atoms with Crippen LogP contribution in [0.5, 0.6) is 5.75 Å². The summed E-state index contributed by atoms with van der Waals surface area (Å²) in [4.78, 5) is 0. The number of hydrogen-bond acceptors (Lipinski definition) is 2. The molecule has 0 aromatic heterocycles. The molecule has 15 heavy (non-hydrogen) atoms. The standard InChI is InChI=1S/C13H18O2/c1-10(8-14)6-7-11-9-15-13-5-3-2-4-12(11)13/h2-5,10-11,14H,6-9H2,1H3. The molecule has 1 aromatic rings. The van der Waals surface area contributed by atoms with Crippen molar-refractivity contribution in [3.05, 3.63) is 29.8 Å². The molecule has 2 rings (SSSR count). The second kappa shape index (κ2) is 4.67. The molecule has 0 fully saturated rings. The zero-order valence-corrected chi connectivity index (χ0v) is 9.15. The van der Waals surface area contributed by atoms with Crippen molar-refractivity contribution in [2.75, 3.05) is 13.2 Å². The zero-order chi connectivity index (χ0) is 10.7. The molecule has 0 amide bonds. The van der Waals surface area contributed by atoms with Gasteiger partial charge < -0.3 is 9.84 Å². The highest BCUT2D eigenvalue weighted by Crippen LogP contribution is 2.36. The maximum absolute atomic E-state index is 8.97. The van der Waals surface area contributed by atoms with Crippen molar-refractivity contribution in [1.82, 2.24) is 0 Å². The summed E-state index contributed by atoms with van der Waals surface area (Å²) in [6.07, 6.45) is 2.18. The Bertz CT molecular complexity index is 322. The molecule has 2 unspecified atom stereocenters. The van der Waals surface area contributed by atoms with Gasteiger partial charge in [0.2, 0.25) is 0 Å². The Kier molecular flexibility index (Phi) is 3.27. The number of ether oxygens (including phenoxy) is 1. The van der Waals surface area contributed by atoms with Crippen LogP contribution in [0.3, 0.4) is 0 Å². The Labute approximate surface area is 90.9 Å². The molecule has 1 heterocycles. The lowest BCUT2D eigenvalue weighted by atomic mass is 9.93. The third kappa shape index (κ3) is 2.32. The van der Waals surface area contributed by atoms with Crippen LogP contribution < -0.4 is 4.74 Å². The average molecular weight is 206 g/mol. The molecule has 0 spiro atoms. The quantitative estimate of drug-likeness (QED) is 0.820. The Morgan fingerprint density at radius 3 is 3.07 bits per heavy atom. The van der Waals surface area contributed by atoms with Crippen molar-refractivity contribution in [1.29, 1.82) is 0 Å². The molecular formula is C13H18O2. The van der Waals surface area contributed by atoms with Crippen molar-refractivity contribution < 1.29 is 9.84 Å². The van der Waals surface area contributed by atoms with E-state index >= 15 is 0 Å². The molecule has 2 heteroatoms. The van der Waals surface area contributed by atoms with Crippen LogP contribution in [-0.2, 0) is 0 Å². The van der Waals surface area contributed by atoms with Crippen LogP contribution in [0.1, 0.15) is 31.2 Å². The Morgan fingerprint density at radius 2 is 2.27 bits per heavy atom. The summed E-state index contributed by atoms with van der Waals surface area (Å²) in [5.74, 6) is 1.96. The zero-order valence-electron chi connectivity index (χ0n) is 9.15. The van der Waals surface area contributed by atoms with E-state index in [0.29, 0.717) is 11.8 Å². The number of rotatable bonds is 4. The van der Waals surface area contributed by atoms with Gasteiger partial charge in [-0.1, -0.05) is 25.1 Å². The van der Waals surface area contributed by atoms with E-state index in [1.165, 1.54) is 5.56 Å². The Hall–Kier alpha value is -1.02. The average Bonchev–Trinajstić information content (AvgIpc) is 2.69. The van der Waals surface area contributed by atoms with E-state index < -0.39 is 0 Å². The molecule has 1 N–H and O–H groups in total. The van der Waals surface area contributed by atoms with Crippen molar-refractivity contribution in [3.63, 3.8) is 0 Å². The van der Waals surface area contributed by atoms with E-state index in [2.05, 4.69) is 19.1 Å². The smallest absolute Gasteiger partial charge is 0.122 e. The second-order valence-electron chi connectivity index (χ2n) is 4.41. The molecule has 0 bridgehead atoms. The van der Waals surface area contributed by atoms with E-state index in [-0.39, 0.29) is 6.61 Å². The minimum Gasteiger partial charge on any atom is -0.493 e. The van der Waals surface area contributed by atoms with Gasteiger partial charge >= 0.3 is 0 Å². The Morgan fingerprint density at radius 1 is 1.47 bits per heavy atom. The number of benzene rings is 1. The van der Waals surface area contributed by atoms with Gasteiger partial charge in [0.1, 0.15) is 5.75 Å². The lowest BCUT2D eigenvalue weighted by Crippen LogP contribution is -2.06. The summed E-state index contributed by atoms with van der Waals surface area (Å²) in [6.45, 7) is 3.18. The first-order valence-electron chi connectivity index (χ1n) is 5.64. The Balaban J connectivity index is 1.96. The van der Waals surface area contributed by atoms with Crippen LogP contribution >= 0.6 is 0 Å². The van der Waals surface area contributed by atoms with Gasteiger partial charge in [0, 0.05) is 18.1 Å². The second-order valence-corrected chi connectivity index (χ2v) is 4.41. The fraction of sp³-hybridized carbons (Fsp3) is 0.538. The molecule has 1 aromatic carbocycles. The summed E-state index contributed by atoms with van der Waals surface area (Å²) in [6, 6.07) is 8.26. The summed E-state index contributed by atoms with van der Waals surface area (Å²) in [5, 5.41) is 8.97. The molecule has 0 aliphatic carbocycles. The van der Waals surface area contributed by atoms with Crippen LogP contribution in [-0.4, -0.2) is 18.3 Å². The topological polar surface area (TPSA) is 29.5 Å². The van der Waals surface area contributed by atoms with Crippen LogP contribution in [0, 0.1) is 5.92 Å². The first-order valence-corrected chi connectivity index (χ1v) is 5.64. The number of aliphatic hydroxyl groups excluding tert-OH is 1. The number of aliphatic hydroxyl groups is 1. The SMILES string of the molecule is CC(CO)CCC1COc2ccccc21. The summed E-state index contributed by atoms with van der Waals surface area (Å²) in [5.41, 5.74) is 1.34. The van der Waals surface area contributed by atoms with Crippen LogP contribution in [0.15, 0.2) is 24.3 Å². The maximum atomic E-state index is 8.97. The molecule has 2 nitrogen and oxygen atoms in total. The summed E-state index contributed by atoms with van der Waals surface area (Å²) < 4.78 is 5.61. The first-order chi connectivity index (χ1) is 7.31. The van der Waals surface area contributed by atoms with Gasteiger partial charge in [0.05, 0.1) is 6.61 Å². The van der Waals surface area contributed by atoms with Gasteiger partial charge in [-0.3, -0.25) is 0 Å². The largest absolute Gasteiger partial charge is 0.493 e. The fourth-order valence-corrected chi connectivity index (χ4v) is 2.05. The minimum atomic E-state index is 0.287. The highest BCUT2D eigenvalue weighted by atomic mass is 16.5. The third-order valence-corrected chi connectivity index (χ3v) is 3.12. The third-order valence-electron chi connectivity index (χ3n) is 3.12. The van der Waals surface area contributed by atoms with Gasteiger partial charge in [-0.2, -0.15) is 0 Å². The van der Waals surface area contributed by atoms with E-state index in [9.17, 15) is 0 Å². The molecule has 1 aliphatic rings. The normalized spacial score (nSPS) is 20.8. The van der Waals surface area contributed by atoms with Crippen molar-refractivity contribution in [2.24, 2.45) is 5.92 Å². The van der Waals surface area contributed by atoms with Gasteiger partial charge in [0.15, 0.2) is 0 Å². The lowest BCUT2D eigenvalue weighted by molar-refractivity contribution is 0.222. The minimum absolute atomic E-state index is 0.287. The molecule has 0 saturated carbocycles. The molecule has 0 radical (unpaired) electrons. The lowest BCUT2D eigenvalue weighted by Gasteiger charge is -2.11. The number of fused-ring (bicyclic) bond motifs is 1. The van der Waals surface area contributed by atoms with Crippen LogP contribution in [0.4, 0.5) is 0 Å². The predicted molar refractivity (Wildman–Crippen MR) is 60.2 cm³/mol. The molecule has 0 saturated heterocycles. The van der Waals surface area contributed by atoms with E-state index in [1.54, 1.807) is 0 Å². The highest BCUT2D eigenvalue weighted by Gasteiger charge is 2.23. The van der Waals surface area contributed by atoms with E-state index in [1.807, 2.05) is 12.1 Å². The summed E-state index contributed by atoms with van der Waals surface area (Å²) >= 11 is 0. The maximum Gasteiger partial charge on any atom is 0.122 e.